The van der Waals surface area contributed by atoms with Crippen LogP contribution in [0, 0.1) is 17.8 Å². The molecule has 2 unspecified atom stereocenters. The van der Waals surface area contributed by atoms with Gasteiger partial charge in [0.15, 0.2) is 0 Å². The lowest BCUT2D eigenvalue weighted by Gasteiger charge is -2.45. The van der Waals surface area contributed by atoms with Crippen LogP contribution in [0.3, 0.4) is 0 Å². The van der Waals surface area contributed by atoms with Gasteiger partial charge in [-0.05, 0) is 43.6 Å². The summed E-state index contributed by atoms with van der Waals surface area (Å²) in [5.74, 6) is 1.25. The topological polar surface area (TPSA) is 40.5 Å². The quantitative estimate of drug-likeness (QED) is 0.800. The monoisotopic (exact) mass is 225 g/mol. The average molecular weight is 225 g/mol. The zero-order chi connectivity index (χ0) is 11.9. The van der Waals surface area contributed by atoms with Crippen LogP contribution in [0.1, 0.15) is 40.0 Å². The third kappa shape index (κ3) is 1.97. The van der Waals surface area contributed by atoms with Crippen LogP contribution in [0.4, 0.5) is 0 Å². The van der Waals surface area contributed by atoms with Gasteiger partial charge in [-0.3, -0.25) is 9.69 Å². The molecule has 2 aliphatic rings. The fraction of sp³-hybridized carbons (Fsp3) is 0.923. The largest absolute Gasteiger partial charge is 0.480 e. The number of carboxylic acid groups (broad SMARTS) is 1. The molecule has 1 saturated carbocycles. The van der Waals surface area contributed by atoms with E-state index in [0.717, 1.165) is 24.8 Å². The number of hydrogen-bond acceptors (Lipinski definition) is 2. The third-order valence-electron chi connectivity index (χ3n) is 4.55. The maximum Gasteiger partial charge on any atom is 0.321 e. The summed E-state index contributed by atoms with van der Waals surface area (Å²) in [5.41, 5.74) is 0. The standard InChI is InChI=1S/C13H23NO2/c1-8(2)10-6-11(7-10)14-5-4-9(3)12(14)13(15)16/h8-12H,4-7H2,1-3H3,(H,15,16). The number of carbonyl (C=O) groups is 1. The molecule has 0 aromatic carbocycles. The summed E-state index contributed by atoms with van der Waals surface area (Å²) in [4.78, 5) is 13.5. The van der Waals surface area contributed by atoms with Crippen LogP contribution in [-0.4, -0.2) is 34.6 Å². The van der Waals surface area contributed by atoms with Gasteiger partial charge >= 0.3 is 5.97 Å². The summed E-state index contributed by atoms with van der Waals surface area (Å²) in [6.45, 7) is 7.58. The van der Waals surface area contributed by atoms with E-state index in [1.54, 1.807) is 0 Å². The molecule has 0 radical (unpaired) electrons. The molecule has 2 rings (SSSR count). The smallest absolute Gasteiger partial charge is 0.321 e. The molecule has 0 spiro atoms. The van der Waals surface area contributed by atoms with Crippen molar-refractivity contribution in [1.82, 2.24) is 4.90 Å². The van der Waals surface area contributed by atoms with Crippen molar-refractivity contribution in [2.24, 2.45) is 17.8 Å². The van der Waals surface area contributed by atoms with Crippen molar-refractivity contribution in [3.8, 4) is 0 Å². The molecule has 0 bridgehead atoms. The van der Waals surface area contributed by atoms with Gasteiger partial charge in [-0.15, -0.1) is 0 Å². The average Bonchev–Trinajstić information content (AvgIpc) is 2.43. The van der Waals surface area contributed by atoms with E-state index in [4.69, 9.17) is 0 Å². The van der Waals surface area contributed by atoms with Gasteiger partial charge in [-0.2, -0.15) is 0 Å². The Labute approximate surface area is 97.8 Å². The molecule has 16 heavy (non-hydrogen) atoms. The first kappa shape index (κ1) is 11.9. The summed E-state index contributed by atoms with van der Waals surface area (Å²) < 4.78 is 0. The zero-order valence-electron chi connectivity index (χ0n) is 10.5. The lowest BCUT2D eigenvalue weighted by Crippen LogP contribution is -2.51. The minimum Gasteiger partial charge on any atom is -0.480 e. The number of hydrogen-bond donors (Lipinski definition) is 1. The third-order valence-corrected chi connectivity index (χ3v) is 4.55. The SMILES string of the molecule is CC(C)C1CC(N2CCC(C)C2C(=O)O)C1. The van der Waals surface area contributed by atoms with Crippen LogP contribution in [0.5, 0.6) is 0 Å². The molecule has 1 heterocycles. The molecule has 1 aliphatic heterocycles. The second-order valence-electron chi connectivity index (χ2n) is 5.92. The molecular weight excluding hydrogens is 202 g/mol. The van der Waals surface area contributed by atoms with Gasteiger partial charge in [0.05, 0.1) is 0 Å². The molecule has 0 aromatic heterocycles. The first-order valence-electron chi connectivity index (χ1n) is 6.49. The Balaban J connectivity index is 1.93. The van der Waals surface area contributed by atoms with Crippen LogP contribution < -0.4 is 0 Å². The molecule has 1 saturated heterocycles. The lowest BCUT2D eigenvalue weighted by molar-refractivity contribution is -0.145. The fourth-order valence-corrected chi connectivity index (χ4v) is 3.22. The minimum absolute atomic E-state index is 0.224. The van der Waals surface area contributed by atoms with Crippen molar-refractivity contribution >= 4 is 5.97 Å². The van der Waals surface area contributed by atoms with Crippen LogP contribution in [-0.2, 0) is 4.79 Å². The maximum atomic E-state index is 11.2. The van der Waals surface area contributed by atoms with Crippen molar-refractivity contribution in [2.75, 3.05) is 6.54 Å². The van der Waals surface area contributed by atoms with Crippen LogP contribution in [0.2, 0.25) is 0 Å². The van der Waals surface area contributed by atoms with Gasteiger partial charge in [0, 0.05) is 6.04 Å². The van der Waals surface area contributed by atoms with Gasteiger partial charge in [0.25, 0.3) is 0 Å². The van der Waals surface area contributed by atoms with E-state index in [1.165, 1.54) is 12.8 Å². The van der Waals surface area contributed by atoms with Crippen molar-refractivity contribution < 1.29 is 9.90 Å². The molecule has 1 N–H and O–H groups in total. The van der Waals surface area contributed by atoms with E-state index in [2.05, 4.69) is 25.7 Å². The second kappa shape index (κ2) is 4.36. The predicted octanol–water partition coefficient (Wildman–Crippen LogP) is 2.22. The highest BCUT2D eigenvalue weighted by atomic mass is 16.4. The van der Waals surface area contributed by atoms with E-state index < -0.39 is 5.97 Å². The Morgan fingerprint density at radius 3 is 2.50 bits per heavy atom. The van der Waals surface area contributed by atoms with E-state index in [1.807, 2.05) is 0 Å². The summed E-state index contributed by atoms with van der Waals surface area (Å²) in [6.07, 6.45) is 3.45. The Morgan fingerprint density at radius 2 is 2.00 bits per heavy atom. The molecule has 3 nitrogen and oxygen atoms in total. The van der Waals surface area contributed by atoms with E-state index in [0.29, 0.717) is 12.0 Å². The van der Waals surface area contributed by atoms with Crippen molar-refractivity contribution in [2.45, 2.75) is 52.1 Å². The first-order chi connectivity index (χ1) is 7.50. The summed E-state index contributed by atoms with van der Waals surface area (Å²) in [7, 11) is 0. The van der Waals surface area contributed by atoms with Gasteiger partial charge < -0.3 is 5.11 Å². The lowest BCUT2D eigenvalue weighted by atomic mass is 9.73. The van der Waals surface area contributed by atoms with E-state index >= 15 is 0 Å². The van der Waals surface area contributed by atoms with Crippen molar-refractivity contribution in [1.29, 1.82) is 0 Å². The van der Waals surface area contributed by atoms with Gasteiger partial charge in [0.1, 0.15) is 6.04 Å². The minimum atomic E-state index is -0.627. The van der Waals surface area contributed by atoms with Crippen molar-refractivity contribution in [3.63, 3.8) is 0 Å². The van der Waals surface area contributed by atoms with Crippen LogP contribution in [0.25, 0.3) is 0 Å². The molecular formula is C13H23NO2. The molecule has 0 aromatic rings. The number of likely N-dealkylation sites (tertiary alicyclic amines) is 1. The summed E-state index contributed by atoms with van der Waals surface area (Å²) in [5, 5.41) is 9.26. The molecule has 2 atom stereocenters. The normalized spacial score (nSPS) is 40.0. The maximum absolute atomic E-state index is 11.2. The fourth-order valence-electron chi connectivity index (χ4n) is 3.22. The van der Waals surface area contributed by atoms with Crippen LogP contribution >= 0.6 is 0 Å². The second-order valence-corrected chi connectivity index (χ2v) is 5.92. The number of carboxylic acids is 1. The Bertz CT molecular complexity index is 271. The zero-order valence-corrected chi connectivity index (χ0v) is 10.5. The molecule has 0 amide bonds. The summed E-state index contributed by atoms with van der Waals surface area (Å²) in [6, 6.07) is 0.316. The molecule has 2 fully saturated rings. The van der Waals surface area contributed by atoms with Gasteiger partial charge in [0.2, 0.25) is 0 Å². The Kier molecular flexibility index (Phi) is 3.24. The summed E-state index contributed by atoms with van der Waals surface area (Å²) >= 11 is 0. The number of aliphatic carboxylic acids is 1. The predicted molar refractivity (Wildman–Crippen MR) is 63.3 cm³/mol. The van der Waals surface area contributed by atoms with Gasteiger partial charge in [-0.25, -0.2) is 0 Å². The highest BCUT2D eigenvalue weighted by Crippen LogP contribution is 2.40. The van der Waals surface area contributed by atoms with E-state index in [-0.39, 0.29) is 6.04 Å². The molecule has 92 valence electrons. The number of nitrogens with zero attached hydrogens (tertiary/aromatic N) is 1. The molecule has 1 aliphatic carbocycles. The van der Waals surface area contributed by atoms with Crippen molar-refractivity contribution in [3.05, 3.63) is 0 Å². The highest BCUT2D eigenvalue weighted by Gasteiger charge is 2.44. The van der Waals surface area contributed by atoms with Gasteiger partial charge in [-0.1, -0.05) is 20.8 Å². The first-order valence-corrected chi connectivity index (χ1v) is 6.49. The van der Waals surface area contributed by atoms with E-state index in [9.17, 15) is 9.90 Å². The molecule has 3 heteroatoms. The van der Waals surface area contributed by atoms with Crippen LogP contribution in [0.15, 0.2) is 0 Å². The number of rotatable bonds is 3. The Hall–Kier alpha value is -0.570. The highest BCUT2D eigenvalue weighted by molar-refractivity contribution is 5.74. The Morgan fingerprint density at radius 1 is 1.38 bits per heavy atom.